The molecule has 1 aliphatic rings. The SMILES string of the molecule is O=C(O)c1cccc(N2CCC(=NNc3nc4ccccc4s3)c3ccccc32)n1. The van der Waals surface area contributed by atoms with E-state index < -0.39 is 5.97 Å². The van der Waals surface area contributed by atoms with Crippen molar-refractivity contribution in [3.63, 3.8) is 0 Å². The molecular weight excluding hydrogens is 398 g/mol. The molecule has 2 N–H and O–H groups in total. The third-order valence-corrected chi connectivity index (χ3v) is 5.83. The molecule has 0 amide bonds. The zero-order valence-electron chi connectivity index (χ0n) is 15.8. The molecule has 148 valence electrons. The Morgan fingerprint density at radius 2 is 1.87 bits per heavy atom. The number of hydrogen-bond acceptors (Lipinski definition) is 7. The second-order valence-corrected chi connectivity index (χ2v) is 7.79. The first-order valence-electron chi connectivity index (χ1n) is 9.44. The number of aromatic nitrogens is 2. The standard InChI is InChI=1S/C22H17N5O2S/c28-21(29)17-8-5-11-20(23-17)27-13-12-15(14-6-1-3-9-18(14)27)25-26-22-24-16-7-2-4-10-19(16)30-22/h1-11H,12-13H2,(H,24,26)(H,28,29). The van der Waals surface area contributed by atoms with Crippen molar-refractivity contribution in [1.29, 1.82) is 0 Å². The van der Waals surface area contributed by atoms with E-state index in [1.54, 1.807) is 17.4 Å². The summed E-state index contributed by atoms with van der Waals surface area (Å²) in [6, 6.07) is 21.0. The van der Waals surface area contributed by atoms with E-state index in [0.717, 1.165) is 32.3 Å². The smallest absolute Gasteiger partial charge is 0.354 e. The van der Waals surface area contributed by atoms with Crippen molar-refractivity contribution in [3.05, 3.63) is 78.0 Å². The van der Waals surface area contributed by atoms with Crippen LogP contribution in [0, 0.1) is 0 Å². The fourth-order valence-electron chi connectivity index (χ4n) is 3.51. The Kier molecular flexibility index (Phi) is 4.61. The van der Waals surface area contributed by atoms with E-state index in [1.807, 2.05) is 59.5 Å². The second kappa shape index (κ2) is 7.57. The van der Waals surface area contributed by atoms with Crippen molar-refractivity contribution in [2.24, 2.45) is 5.10 Å². The van der Waals surface area contributed by atoms with Crippen LogP contribution in [0.4, 0.5) is 16.6 Å². The monoisotopic (exact) mass is 415 g/mol. The number of pyridine rings is 1. The van der Waals surface area contributed by atoms with Crippen LogP contribution in [-0.2, 0) is 0 Å². The molecular formula is C22H17N5O2S. The number of carboxylic acid groups (broad SMARTS) is 1. The minimum Gasteiger partial charge on any atom is -0.477 e. The maximum atomic E-state index is 11.3. The number of hydrazone groups is 1. The fraction of sp³-hybridized carbons (Fsp3) is 0.0909. The summed E-state index contributed by atoms with van der Waals surface area (Å²) < 4.78 is 1.11. The third kappa shape index (κ3) is 3.37. The highest BCUT2D eigenvalue weighted by atomic mass is 32.1. The normalized spacial score (nSPS) is 14.7. The van der Waals surface area contributed by atoms with Crippen LogP contribution < -0.4 is 10.3 Å². The molecule has 8 heteroatoms. The van der Waals surface area contributed by atoms with Crippen LogP contribution in [-0.4, -0.2) is 33.3 Å². The third-order valence-electron chi connectivity index (χ3n) is 4.89. The first-order valence-corrected chi connectivity index (χ1v) is 10.3. The lowest BCUT2D eigenvalue weighted by molar-refractivity contribution is 0.0690. The molecule has 2 aromatic carbocycles. The molecule has 30 heavy (non-hydrogen) atoms. The van der Waals surface area contributed by atoms with Gasteiger partial charge in [0, 0.05) is 18.5 Å². The van der Waals surface area contributed by atoms with Crippen molar-refractivity contribution >= 4 is 49.9 Å². The average molecular weight is 415 g/mol. The Bertz CT molecular complexity index is 1250. The zero-order chi connectivity index (χ0) is 20.5. The lowest BCUT2D eigenvalue weighted by Crippen LogP contribution is -2.29. The van der Waals surface area contributed by atoms with Crippen LogP contribution in [0.25, 0.3) is 10.2 Å². The highest BCUT2D eigenvalue weighted by Gasteiger charge is 2.24. The Morgan fingerprint density at radius 1 is 1.03 bits per heavy atom. The number of fused-ring (bicyclic) bond motifs is 2. The van der Waals surface area contributed by atoms with Gasteiger partial charge in [-0.1, -0.05) is 47.7 Å². The molecule has 0 spiro atoms. The lowest BCUT2D eigenvalue weighted by atomic mass is 9.99. The Labute approximate surface area is 176 Å². The summed E-state index contributed by atoms with van der Waals surface area (Å²) in [6.07, 6.45) is 0.688. The maximum absolute atomic E-state index is 11.3. The summed E-state index contributed by atoms with van der Waals surface area (Å²) in [4.78, 5) is 22.2. The summed E-state index contributed by atoms with van der Waals surface area (Å²) >= 11 is 1.56. The molecule has 5 rings (SSSR count). The van der Waals surface area contributed by atoms with Crippen molar-refractivity contribution in [2.75, 3.05) is 16.9 Å². The van der Waals surface area contributed by atoms with Crippen LogP contribution >= 0.6 is 11.3 Å². The predicted octanol–water partition coefficient (Wildman–Crippen LogP) is 4.75. The van der Waals surface area contributed by atoms with Crippen molar-refractivity contribution in [2.45, 2.75) is 6.42 Å². The van der Waals surface area contributed by atoms with E-state index in [4.69, 9.17) is 0 Å². The van der Waals surface area contributed by atoms with Gasteiger partial charge in [-0.2, -0.15) is 5.10 Å². The molecule has 0 unspecified atom stereocenters. The highest BCUT2D eigenvalue weighted by molar-refractivity contribution is 7.22. The van der Waals surface area contributed by atoms with Gasteiger partial charge in [-0.05, 0) is 30.3 Å². The summed E-state index contributed by atoms with van der Waals surface area (Å²) in [5.41, 5.74) is 6.95. The molecule has 0 saturated carbocycles. The fourth-order valence-corrected chi connectivity index (χ4v) is 4.32. The Hall–Kier alpha value is -3.78. The Morgan fingerprint density at radius 3 is 2.73 bits per heavy atom. The van der Waals surface area contributed by atoms with Gasteiger partial charge in [-0.15, -0.1) is 0 Å². The largest absolute Gasteiger partial charge is 0.477 e. The molecule has 0 bridgehead atoms. The number of hydrogen-bond donors (Lipinski definition) is 2. The van der Waals surface area contributed by atoms with E-state index in [0.29, 0.717) is 18.8 Å². The van der Waals surface area contributed by atoms with Crippen molar-refractivity contribution < 1.29 is 9.90 Å². The number of para-hydroxylation sites is 2. The van der Waals surface area contributed by atoms with Crippen LogP contribution in [0.2, 0.25) is 0 Å². The van der Waals surface area contributed by atoms with E-state index >= 15 is 0 Å². The van der Waals surface area contributed by atoms with Gasteiger partial charge in [0.25, 0.3) is 0 Å². The van der Waals surface area contributed by atoms with Gasteiger partial charge in [-0.3, -0.25) is 5.43 Å². The predicted molar refractivity (Wildman–Crippen MR) is 119 cm³/mol. The number of benzene rings is 2. The number of nitrogens with one attached hydrogen (secondary N) is 1. The van der Waals surface area contributed by atoms with Gasteiger partial charge in [0.15, 0.2) is 5.69 Å². The molecule has 0 aliphatic carbocycles. The van der Waals surface area contributed by atoms with Gasteiger partial charge in [0.2, 0.25) is 5.13 Å². The highest BCUT2D eigenvalue weighted by Crippen LogP contribution is 2.33. The average Bonchev–Trinajstić information content (AvgIpc) is 3.20. The van der Waals surface area contributed by atoms with E-state index in [-0.39, 0.29) is 5.69 Å². The molecule has 0 atom stereocenters. The number of nitrogens with zero attached hydrogens (tertiary/aromatic N) is 4. The first kappa shape index (κ1) is 18.3. The quantitative estimate of drug-likeness (QED) is 0.468. The number of aromatic carboxylic acids is 1. The van der Waals surface area contributed by atoms with Gasteiger partial charge in [-0.25, -0.2) is 14.8 Å². The maximum Gasteiger partial charge on any atom is 0.354 e. The van der Waals surface area contributed by atoms with Crippen LogP contribution in [0.15, 0.2) is 71.8 Å². The van der Waals surface area contributed by atoms with E-state index in [2.05, 4.69) is 20.5 Å². The van der Waals surface area contributed by atoms with Gasteiger partial charge >= 0.3 is 5.97 Å². The van der Waals surface area contributed by atoms with Crippen molar-refractivity contribution in [3.8, 4) is 0 Å². The second-order valence-electron chi connectivity index (χ2n) is 6.76. The van der Waals surface area contributed by atoms with Crippen LogP contribution in [0.5, 0.6) is 0 Å². The Balaban J connectivity index is 1.46. The molecule has 0 fully saturated rings. The number of anilines is 3. The van der Waals surface area contributed by atoms with Crippen LogP contribution in [0.1, 0.15) is 22.5 Å². The first-order chi connectivity index (χ1) is 14.7. The van der Waals surface area contributed by atoms with Crippen LogP contribution in [0.3, 0.4) is 0 Å². The topological polar surface area (TPSA) is 90.7 Å². The lowest BCUT2D eigenvalue weighted by Gasteiger charge is -2.31. The summed E-state index contributed by atoms with van der Waals surface area (Å²) in [6.45, 7) is 0.646. The molecule has 4 aromatic rings. The summed E-state index contributed by atoms with van der Waals surface area (Å²) in [5.74, 6) is -0.426. The minimum absolute atomic E-state index is 0.0296. The molecule has 2 aromatic heterocycles. The molecule has 0 saturated heterocycles. The molecule has 0 radical (unpaired) electrons. The van der Waals surface area contributed by atoms with E-state index in [9.17, 15) is 9.90 Å². The molecule has 1 aliphatic heterocycles. The van der Waals surface area contributed by atoms with E-state index in [1.165, 1.54) is 6.07 Å². The molecule has 7 nitrogen and oxygen atoms in total. The van der Waals surface area contributed by atoms with Gasteiger partial charge < -0.3 is 10.0 Å². The van der Waals surface area contributed by atoms with Gasteiger partial charge in [0.1, 0.15) is 5.82 Å². The number of carbonyl (C=O) groups is 1. The number of rotatable bonds is 4. The van der Waals surface area contributed by atoms with Gasteiger partial charge in [0.05, 0.1) is 21.6 Å². The minimum atomic E-state index is -1.04. The molecule has 3 heterocycles. The summed E-state index contributed by atoms with van der Waals surface area (Å²) in [5, 5.41) is 14.6. The number of carboxylic acids is 1. The summed E-state index contributed by atoms with van der Waals surface area (Å²) in [7, 11) is 0. The zero-order valence-corrected chi connectivity index (χ0v) is 16.6. The number of thiazole rings is 1. The van der Waals surface area contributed by atoms with Crippen molar-refractivity contribution in [1.82, 2.24) is 9.97 Å².